The molecule has 0 fully saturated rings. The van der Waals surface area contributed by atoms with Gasteiger partial charge in [0.1, 0.15) is 0 Å². The van der Waals surface area contributed by atoms with Gasteiger partial charge in [0.15, 0.2) is 0 Å². The minimum atomic E-state index is -0.108. The maximum Gasteiger partial charge on any atom is 0.238 e. The van der Waals surface area contributed by atoms with E-state index in [9.17, 15) is 4.79 Å². The number of thioether (sulfide) groups is 1. The Bertz CT molecular complexity index is 397. The fourth-order valence-corrected chi connectivity index (χ4v) is 2.79. The van der Waals surface area contributed by atoms with Crippen molar-refractivity contribution in [3.05, 3.63) is 35.9 Å². The summed E-state index contributed by atoms with van der Waals surface area (Å²) in [5.74, 6) is 0.900. The Morgan fingerprint density at radius 3 is 2.57 bits per heavy atom. The summed E-state index contributed by atoms with van der Waals surface area (Å²) >= 11 is 1.70. The van der Waals surface area contributed by atoms with Crippen molar-refractivity contribution >= 4 is 17.7 Å². The number of amides is 1. The van der Waals surface area contributed by atoms with Crippen molar-refractivity contribution < 1.29 is 4.79 Å². The second-order valence-corrected chi connectivity index (χ2v) is 6.22. The van der Waals surface area contributed by atoms with E-state index in [4.69, 9.17) is 0 Å². The lowest BCUT2D eigenvalue weighted by Gasteiger charge is -2.21. The highest BCUT2D eigenvalue weighted by Gasteiger charge is 2.19. The van der Waals surface area contributed by atoms with Crippen LogP contribution in [0.3, 0.4) is 0 Å². The van der Waals surface area contributed by atoms with Crippen LogP contribution in [0.2, 0.25) is 0 Å². The van der Waals surface area contributed by atoms with Gasteiger partial charge in [-0.15, -0.1) is 0 Å². The van der Waals surface area contributed by atoms with Crippen LogP contribution in [0.25, 0.3) is 0 Å². The predicted molar refractivity (Wildman–Crippen MR) is 92.7 cm³/mol. The Hall–Kier alpha value is -1.00. The Morgan fingerprint density at radius 2 is 1.95 bits per heavy atom. The van der Waals surface area contributed by atoms with Crippen LogP contribution in [0.15, 0.2) is 30.3 Å². The largest absolute Gasteiger partial charge is 0.348 e. The number of unbranched alkanes of at least 4 members (excludes halogenated alkanes) is 2. The number of rotatable bonds is 10. The molecule has 0 spiro atoms. The normalized spacial score (nSPS) is 13.7. The highest BCUT2D eigenvalue weighted by Crippen LogP contribution is 2.11. The third-order valence-electron chi connectivity index (χ3n) is 3.48. The lowest BCUT2D eigenvalue weighted by atomic mass is 10.1. The second-order valence-electron chi connectivity index (χ2n) is 5.31. The molecule has 4 heteroatoms. The zero-order chi connectivity index (χ0) is 15.5. The number of hydrogen-bond donors (Lipinski definition) is 2. The van der Waals surface area contributed by atoms with Gasteiger partial charge >= 0.3 is 0 Å². The summed E-state index contributed by atoms with van der Waals surface area (Å²) in [6.45, 7) is 5.13. The Kier molecular flexibility index (Phi) is 9.19. The van der Waals surface area contributed by atoms with E-state index in [-0.39, 0.29) is 18.0 Å². The number of nitrogens with one attached hydrogen (secondary N) is 2. The van der Waals surface area contributed by atoms with Crippen molar-refractivity contribution in [1.29, 1.82) is 0 Å². The topological polar surface area (TPSA) is 41.1 Å². The van der Waals surface area contributed by atoms with Crippen LogP contribution in [0.5, 0.6) is 0 Å². The van der Waals surface area contributed by atoms with E-state index in [1.165, 1.54) is 12.8 Å². The fraction of sp³-hybridized carbons (Fsp3) is 0.588. The van der Waals surface area contributed by atoms with Gasteiger partial charge in [0.25, 0.3) is 0 Å². The van der Waals surface area contributed by atoms with Gasteiger partial charge < -0.3 is 10.6 Å². The molecule has 0 aliphatic carbocycles. The molecule has 1 amide bonds. The van der Waals surface area contributed by atoms with E-state index >= 15 is 0 Å². The Morgan fingerprint density at radius 1 is 1.24 bits per heavy atom. The van der Waals surface area contributed by atoms with Gasteiger partial charge in [0.05, 0.1) is 12.1 Å². The molecule has 2 atom stereocenters. The minimum absolute atomic E-state index is 0.0421. The second kappa shape index (κ2) is 10.7. The molecule has 0 radical (unpaired) electrons. The maximum atomic E-state index is 12.4. The number of carbonyl (C=O) groups excluding carboxylic acids is 1. The van der Waals surface area contributed by atoms with Crippen molar-refractivity contribution in [2.24, 2.45) is 0 Å². The van der Waals surface area contributed by atoms with E-state index in [1.54, 1.807) is 11.8 Å². The minimum Gasteiger partial charge on any atom is -0.348 e. The number of carbonyl (C=O) groups is 1. The van der Waals surface area contributed by atoms with E-state index in [1.807, 2.05) is 43.5 Å². The van der Waals surface area contributed by atoms with Crippen LogP contribution < -0.4 is 10.6 Å². The zero-order valence-corrected chi connectivity index (χ0v) is 14.2. The maximum absolute atomic E-state index is 12.4. The van der Waals surface area contributed by atoms with Crippen LogP contribution in [0.4, 0.5) is 0 Å². The van der Waals surface area contributed by atoms with Crippen LogP contribution >= 0.6 is 11.8 Å². The van der Waals surface area contributed by atoms with Crippen LogP contribution in [-0.4, -0.2) is 30.5 Å². The molecule has 21 heavy (non-hydrogen) atoms. The first-order valence-electron chi connectivity index (χ1n) is 7.76. The molecule has 0 saturated carbocycles. The third-order valence-corrected chi connectivity index (χ3v) is 4.15. The Balaban J connectivity index is 2.48. The lowest BCUT2D eigenvalue weighted by Crippen LogP contribution is -2.46. The molecule has 3 nitrogen and oxygen atoms in total. The molecule has 1 aromatic rings. The summed E-state index contributed by atoms with van der Waals surface area (Å²) in [7, 11) is 0. The molecule has 0 heterocycles. The van der Waals surface area contributed by atoms with Gasteiger partial charge in [-0.1, -0.05) is 50.1 Å². The molecule has 1 aromatic carbocycles. The summed E-state index contributed by atoms with van der Waals surface area (Å²) < 4.78 is 0. The summed E-state index contributed by atoms with van der Waals surface area (Å²) in [5, 5.41) is 6.49. The van der Waals surface area contributed by atoms with Gasteiger partial charge in [-0.05, 0) is 31.7 Å². The summed E-state index contributed by atoms with van der Waals surface area (Å²) in [6, 6.07) is 10.0. The number of benzene rings is 1. The lowest BCUT2D eigenvalue weighted by molar-refractivity contribution is -0.123. The molecule has 0 unspecified atom stereocenters. The Labute approximate surface area is 133 Å². The average molecular weight is 308 g/mol. The third kappa shape index (κ3) is 7.00. The first-order chi connectivity index (χ1) is 10.2. The van der Waals surface area contributed by atoms with Crippen molar-refractivity contribution in [2.45, 2.75) is 45.2 Å². The van der Waals surface area contributed by atoms with Crippen LogP contribution in [0, 0.1) is 0 Å². The SMILES string of the molecule is CCCCCN[C@@H](CSC)C(=O)N[C@H](C)c1ccccc1. The van der Waals surface area contributed by atoms with Crippen molar-refractivity contribution in [3.8, 4) is 0 Å². The number of hydrogen-bond acceptors (Lipinski definition) is 3. The van der Waals surface area contributed by atoms with E-state index in [0.717, 1.165) is 24.3 Å². The monoisotopic (exact) mass is 308 g/mol. The fourth-order valence-electron chi connectivity index (χ4n) is 2.18. The zero-order valence-electron chi connectivity index (χ0n) is 13.4. The van der Waals surface area contributed by atoms with E-state index in [2.05, 4.69) is 17.6 Å². The molecule has 0 aromatic heterocycles. The molecule has 118 valence electrons. The van der Waals surface area contributed by atoms with E-state index < -0.39 is 0 Å². The highest BCUT2D eigenvalue weighted by molar-refractivity contribution is 7.98. The first-order valence-corrected chi connectivity index (χ1v) is 9.16. The quantitative estimate of drug-likeness (QED) is 0.651. The van der Waals surface area contributed by atoms with Crippen molar-refractivity contribution in [3.63, 3.8) is 0 Å². The molecule has 0 saturated heterocycles. The van der Waals surface area contributed by atoms with Gasteiger partial charge in [-0.2, -0.15) is 11.8 Å². The highest BCUT2D eigenvalue weighted by atomic mass is 32.2. The molecule has 2 N–H and O–H groups in total. The van der Waals surface area contributed by atoms with Crippen LogP contribution in [0.1, 0.15) is 44.7 Å². The molecule has 0 aliphatic rings. The van der Waals surface area contributed by atoms with Crippen LogP contribution in [-0.2, 0) is 4.79 Å². The van der Waals surface area contributed by atoms with Gasteiger partial charge in [0.2, 0.25) is 5.91 Å². The molecular weight excluding hydrogens is 280 g/mol. The summed E-state index contributed by atoms with van der Waals surface area (Å²) in [6.07, 6.45) is 5.57. The van der Waals surface area contributed by atoms with Crippen molar-refractivity contribution in [1.82, 2.24) is 10.6 Å². The van der Waals surface area contributed by atoms with E-state index in [0.29, 0.717) is 0 Å². The smallest absolute Gasteiger partial charge is 0.238 e. The average Bonchev–Trinajstić information content (AvgIpc) is 2.51. The molecular formula is C17H28N2OS. The van der Waals surface area contributed by atoms with Crippen molar-refractivity contribution in [2.75, 3.05) is 18.6 Å². The summed E-state index contributed by atoms with van der Waals surface area (Å²) in [4.78, 5) is 12.4. The van der Waals surface area contributed by atoms with Gasteiger partial charge in [-0.3, -0.25) is 4.79 Å². The summed E-state index contributed by atoms with van der Waals surface area (Å²) in [5.41, 5.74) is 1.14. The van der Waals surface area contributed by atoms with Gasteiger partial charge in [-0.25, -0.2) is 0 Å². The molecule has 0 aliphatic heterocycles. The molecule has 1 rings (SSSR count). The standard InChI is InChI=1S/C17H28N2OS/c1-4-5-9-12-18-16(13-21-3)17(20)19-14(2)15-10-7-6-8-11-15/h6-8,10-11,14,16,18H,4-5,9,12-13H2,1-3H3,(H,19,20)/t14-,16+/m1/s1. The first kappa shape index (κ1) is 18.1. The molecule has 0 bridgehead atoms. The predicted octanol–water partition coefficient (Wildman–Crippen LogP) is 3.38. The van der Waals surface area contributed by atoms with Gasteiger partial charge in [0, 0.05) is 5.75 Å².